The topological polar surface area (TPSA) is 117 Å². The fourth-order valence-electron chi connectivity index (χ4n) is 3.28. The van der Waals surface area contributed by atoms with Crippen LogP contribution in [-0.2, 0) is 4.74 Å². The highest BCUT2D eigenvalue weighted by Crippen LogP contribution is 2.27. The van der Waals surface area contributed by atoms with Gasteiger partial charge >= 0.3 is 0 Å². The fourth-order valence-corrected chi connectivity index (χ4v) is 3.28. The van der Waals surface area contributed by atoms with E-state index in [2.05, 4.69) is 20.4 Å². The molecule has 9 nitrogen and oxygen atoms in total. The smallest absolute Gasteiger partial charge is 0.257 e. The zero-order chi connectivity index (χ0) is 22.5. The molecule has 4 rings (SSSR count). The minimum atomic E-state index is -0.357. The Morgan fingerprint density at radius 2 is 1.88 bits per heavy atom. The van der Waals surface area contributed by atoms with Crippen molar-refractivity contribution in [2.45, 2.75) is 6.92 Å². The number of nitrogens with zero attached hydrogens (tertiary/aromatic N) is 4. The lowest BCUT2D eigenvalue weighted by molar-refractivity contribution is 0.0939. The number of hydrogen-bond donors (Lipinski definition) is 2. The van der Waals surface area contributed by atoms with E-state index in [-0.39, 0.29) is 17.3 Å². The molecule has 0 aliphatic rings. The third-order valence-electron chi connectivity index (χ3n) is 4.81. The molecular formula is C23H24N6O3. The Morgan fingerprint density at radius 1 is 1.16 bits per heavy atom. The van der Waals surface area contributed by atoms with Crippen molar-refractivity contribution in [1.29, 1.82) is 0 Å². The summed E-state index contributed by atoms with van der Waals surface area (Å²) in [6.07, 6.45) is 1.65. The lowest BCUT2D eigenvalue weighted by atomic mass is 10.2. The number of hydrogen-bond acceptors (Lipinski definition) is 7. The van der Waals surface area contributed by atoms with Crippen LogP contribution in [0.1, 0.15) is 22.8 Å². The van der Waals surface area contributed by atoms with E-state index in [9.17, 15) is 4.79 Å². The fraction of sp³-hybridized carbons (Fsp3) is 0.217. The molecule has 164 valence electrons. The number of anilines is 1. The Balaban J connectivity index is 1.79. The van der Waals surface area contributed by atoms with E-state index in [1.54, 1.807) is 13.3 Å². The van der Waals surface area contributed by atoms with Crippen LogP contribution in [0.2, 0.25) is 0 Å². The van der Waals surface area contributed by atoms with Crippen molar-refractivity contribution in [1.82, 2.24) is 20.0 Å². The molecule has 0 radical (unpaired) electrons. The van der Waals surface area contributed by atoms with E-state index in [1.807, 2.05) is 55.5 Å². The SMILES string of the molecule is CCOc1ccc(/C=N/n2c(N)c(C(=O)NCCOC)c3nc4ccccc4nc32)cc1. The molecule has 9 heteroatoms. The third-order valence-corrected chi connectivity index (χ3v) is 4.81. The number of nitrogen functional groups attached to an aromatic ring is 1. The first kappa shape index (κ1) is 21.3. The van der Waals surface area contributed by atoms with Gasteiger partial charge in [0.15, 0.2) is 5.65 Å². The number of nitrogens with two attached hydrogens (primary N) is 1. The molecule has 1 amide bonds. The van der Waals surface area contributed by atoms with E-state index in [4.69, 9.17) is 15.2 Å². The number of carbonyl (C=O) groups excluding carboxylic acids is 1. The van der Waals surface area contributed by atoms with Gasteiger partial charge in [-0.3, -0.25) is 4.79 Å². The van der Waals surface area contributed by atoms with E-state index >= 15 is 0 Å². The number of ether oxygens (including phenoxy) is 2. The van der Waals surface area contributed by atoms with Crippen LogP contribution in [0.15, 0.2) is 53.6 Å². The first-order chi connectivity index (χ1) is 15.6. The van der Waals surface area contributed by atoms with Crippen LogP contribution in [0, 0.1) is 0 Å². The van der Waals surface area contributed by atoms with Gasteiger partial charge in [-0.2, -0.15) is 9.78 Å². The van der Waals surface area contributed by atoms with Crippen LogP contribution in [0.25, 0.3) is 22.2 Å². The van der Waals surface area contributed by atoms with Gasteiger partial charge in [0.05, 0.1) is 30.5 Å². The van der Waals surface area contributed by atoms with Gasteiger partial charge in [0.2, 0.25) is 0 Å². The standard InChI is InChI=1S/C23H24N6O3/c1-3-32-16-10-8-15(9-11-16)14-26-29-21(24)19(23(30)25-12-13-31-2)20-22(29)28-18-7-5-4-6-17(18)27-20/h4-11,14H,3,12-13,24H2,1-2H3,(H,25,30)/b26-14+. The van der Waals surface area contributed by atoms with Crippen molar-refractivity contribution in [3.63, 3.8) is 0 Å². The van der Waals surface area contributed by atoms with Crippen molar-refractivity contribution < 1.29 is 14.3 Å². The van der Waals surface area contributed by atoms with E-state index in [1.165, 1.54) is 4.68 Å². The summed E-state index contributed by atoms with van der Waals surface area (Å²) in [5.74, 6) is 0.583. The van der Waals surface area contributed by atoms with Gasteiger partial charge in [0.1, 0.15) is 22.6 Å². The maximum absolute atomic E-state index is 12.9. The second kappa shape index (κ2) is 9.44. The summed E-state index contributed by atoms with van der Waals surface area (Å²) < 4.78 is 11.9. The summed E-state index contributed by atoms with van der Waals surface area (Å²) in [4.78, 5) is 22.2. The molecule has 0 saturated carbocycles. The molecule has 4 aromatic rings. The maximum atomic E-state index is 12.9. The first-order valence-corrected chi connectivity index (χ1v) is 10.2. The minimum Gasteiger partial charge on any atom is -0.494 e. The molecule has 0 fully saturated rings. The van der Waals surface area contributed by atoms with E-state index < -0.39 is 0 Å². The number of aromatic nitrogens is 3. The molecular weight excluding hydrogens is 408 g/mol. The van der Waals surface area contributed by atoms with Crippen LogP contribution < -0.4 is 15.8 Å². The van der Waals surface area contributed by atoms with Crippen LogP contribution in [0.3, 0.4) is 0 Å². The average molecular weight is 432 g/mol. The largest absolute Gasteiger partial charge is 0.494 e. The summed E-state index contributed by atoms with van der Waals surface area (Å²) in [5.41, 5.74) is 9.58. The summed E-state index contributed by atoms with van der Waals surface area (Å²) in [5, 5.41) is 7.30. The highest BCUT2D eigenvalue weighted by Gasteiger charge is 2.23. The van der Waals surface area contributed by atoms with Gasteiger partial charge in [-0.1, -0.05) is 12.1 Å². The molecule has 0 aliphatic heterocycles. The van der Waals surface area contributed by atoms with Crippen molar-refractivity contribution in [2.24, 2.45) is 5.10 Å². The molecule has 3 N–H and O–H groups in total. The molecule has 0 spiro atoms. The third kappa shape index (κ3) is 4.23. The second-order valence-corrected chi connectivity index (χ2v) is 6.95. The molecule has 32 heavy (non-hydrogen) atoms. The van der Waals surface area contributed by atoms with Gasteiger partial charge in [0, 0.05) is 13.7 Å². The van der Waals surface area contributed by atoms with Crippen molar-refractivity contribution in [3.05, 3.63) is 59.7 Å². The molecule has 0 atom stereocenters. The van der Waals surface area contributed by atoms with Gasteiger partial charge < -0.3 is 20.5 Å². The predicted octanol–water partition coefficient (Wildman–Crippen LogP) is 2.82. The van der Waals surface area contributed by atoms with E-state index in [0.717, 1.165) is 11.3 Å². The number of benzene rings is 2. The van der Waals surface area contributed by atoms with Gasteiger partial charge in [-0.05, 0) is 48.9 Å². The first-order valence-electron chi connectivity index (χ1n) is 10.2. The monoisotopic (exact) mass is 432 g/mol. The highest BCUT2D eigenvalue weighted by molar-refractivity contribution is 6.10. The zero-order valence-corrected chi connectivity index (χ0v) is 17.9. The summed E-state index contributed by atoms with van der Waals surface area (Å²) >= 11 is 0. The molecule has 2 heterocycles. The Kier molecular flexibility index (Phi) is 6.27. The van der Waals surface area contributed by atoms with Crippen molar-refractivity contribution in [3.8, 4) is 5.75 Å². The lowest BCUT2D eigenvalue weighted by Crippen LogP contribution is -2.27. The summed E-state index contributed by atoms with van der Waals surface area (Å²) in [6.45, 7) is 3.26. The summed E-state index contributed by atoms with van der Waals surface area (Å²) in [7, 11) is 1.57. The number of carbonyl (C=O) groups is 1. The number of nitrogens with one attached hydrogen (secondary N) is 1. The quantitative estimate of drug-likeness (QED) is 0.327. The summed E-state index contributed by atoms with van der Waals surface area (Å²) in [6, 6.07) is 14.9. The molecule has 0 aliphatic carbocycles. The zero-order valence-electron chi connectivity index (χ0n) is 17.9. The van der Waals surface area contributed by atoms with E-state index in [0.29, 0.717) is 42.0 Å². The maximum Gasteiger partial charge on any atom is 0.257 e. The number of rotatable bonds is 8. The second-order valence-electron chi connectivity index (χ2n) is 6.95. The Morgan fingerprint density at radius 3 is 2.56 bits per heavy atom. The molecule has 0 unspecified atom stereocenters. The predicted molar refractivity (Wildman–Crippen MR) is 124 cm³/mol. The lowest BCUT2D eigenvalue weighted by Gasteiger charge is -2.04. The van der Waals surface area contributed by atoms with Crippen LogP contribution >= 0.6 is 0 Å². The molecule has 2 aromatic heterocycles. The molecule has 2 aromatic carbocycles. The highest BCUT2D eigenvalue weighted by atomic mass is 16.5. The number of fused-ring (bicyclic) bond motifs is 2. The minimum absolute atomic E-state index is 0.160. The molecule has 0 saturated heterocycles. The average Bonchev–Trinajstić information content (AvgIpc) is 3.07. The van der Waals surface area contributed by atoms with Crippen molar-refractivity contribution in [2.75, 3.05) is 32.6 Å². The Bertz CT molecular complexity index is 1280. The van der Waals surface area contributed by atoms with Crippen LogP contribution in [0.4, 0.5) is 5.82 Å². The van der Waals surface area contributed by atoms with Gasteiger partial charge in [-0.15, -0.1) is 0 Å². The number of para-hydroxylation sites is 2. The van der Waals surface area contributed by atoms with Crippen LogP contribution in [0.5, 0.6) is 5.75 Å². The van der Waals surface area contributed by atoms with Crippen molar-refractivity contribution >= 4 is 40.1 Å². The van der Waals surface area contributed by atoms with Crippen LogP contribution in [-0.4, -0.2) is 53.6 Å². The molecule has 0 bridgehead atoms. The number of methoxy groups -OCH3 is 1. The van der Waals surface area contributed by atoms with Gasteiger partial charge in [0.25, 0.3) is 5.91 Å². The normalized spacial score (nSPS) is 11.4. The Hall–Kier alpha value is -3.98. The van der Waals surface area contributed by atoms with Gasteiger partial charge in [-0.25, -0.2) is 9.97 Å². The Labute approximate surface area is 184 Å². The number of amides is 1.